The van der Waals surface area contributed by atoms with E-state index in [2.05, 4.69) is 10.2 Å². The Bertz CT molecular complexity index is 795. The first-order valence-corrected chi connectivity index (χ1v) is 7.70. The molecular weight excluding hydrogens is 312 g/mol. The van der Waals surface area contributed by atoms with Crippen LogP contribution in [0.25, 0.3) is 0 Å². The van der Waals surface area contributed by atoms with Gasteiger partial charge in [-0.25, -0.2) is 0 Å². The summed E-state index contributed by atoms with van der Waals surface area (Å²) < 4.78 is 0. The van der Waals surface area contributed by atoms with E-state index in [1.54, 1.807) is 4.90 Å². The number of hydrogen-bond donors (Lipinski definition) is 2. The standard InChI is InChI=1S/C16H18N4O4/c1-9-15(10(2)18-17-9)13-4-3-7-19(13)16(22)12-6-5-11(20(23)24)8-14(12)21/h5-6,8,13,21H,3-4,7H2,1-2H3,(H,17,18)/t13-/m1/s1. The monoisotopic (exact) mass is 330 g/mol. The molecule has 3 rings (SSSR count). The van der Waals surface area contributed by atoms with Crippen molar-refractivity contribution < 1.29 is 14.8 Å². The third kappa shape index (κ3) is 2.60. The van der Waals surface area contributed by atoms with E-state index >= 15 is 0 Å². The van der Waals surface area contributed by atoms with Gasteiger partial charge in [0, 0.05) is 23.9 Å². The van der Waals surface area contributed by atoms with Crippen LogP contribution < -0.4 is 0 Å². The fourth-order valence-corrected chi connectivity index (χ4v) is 3.33. The molecule has 2 heterocycles. The van der Waals surface area contributed by atoms with E-state index in [1.165, 1.54) is 12.1 Å². The number of hydrogen-bond acceptors (Lipinski definition) is 5. The third-order valence-electron chi connectivity index (χ3n) is 4.45. The number of phenols is 1. The van der Waals surface area contributed by atoms with Crippen molar-refractivity contribution >= 4 is 11.6 Å². The lowest BCUT2D eigenvalue weighted by Gasteiger charge is -2.25. The molecule has 1 aliphatic heterocycles. The van der Waals surface area contributed by atoms with Crippen LogP contribution in [0.1, 0.15) is 46.2 Å². The molecule has 126 valence electrons. The number of phenolic OH excluding ortho intramolecular Hbond substituents is 1. The molecule has 8 heteroatoms. The highest BCUT2D eigenvalue weighted by Crippen LogP contribution is 2.37. The first-order valence-electron chi connectivity index (χ1n) is 7.70. The summed E-state index contributed by atoms with van der Waals surface area (Å²) in [5.74, 6) is -0.703. The number of nitro benzene ring substituents is 1. The van der Waals surface area contributed by atoms with Crippen molar-refractivity contribution in [3.63, 3.8) is 0 Å². The number of nitrogens with zero attached hydrogens (tertiary/aromatic N) is 3. The lowest BCUT2D eigenvalue weighted by atomic mass is 10.0. The van der Waals surface area contributed by atoms with Crippen molar-refractivity contribution in [2.45, 2.75) is 32.7 Å². The summed E-state index contributed by atoms with van der Waals surface area (Å²) in [5.41, 5.74) is 2.60. The Morgan fingerprint density at radius 1 is 1.46 bits per heavy atom. The van der Waals surface area contributed by atoms with Crippen LogP contribution in [0.3, 0.4) is 0 Å². The maximum Gasteiger partial charge on any atom is 0.273 e. The quantitative estimate of drug-likeness (QED) is 0.663. The Labute approximate surface area is 138 Å². The van der Waals surface area contributed by atoms with Gasteiger partial charge in [0.2, 0.25) is 0 Å². The zero-order chi connectivity index (χ0) is 17.4. The predicted octanol–water partition coefficient (Wildman–Crippen LogP) is 2.62. The summed E-state index contributed by atoms with van der Waals surface area (Å²) in [7, 11) is 0. The highest BCUT2D eigenvalue weighted by atomic mass is 16.6. The number of rotatable bonds is 3. The molecule has 1 saturated heterocycles. The number of carbonyl (C=O) groups excluding carboxylic acids is 1. The van der Waals surface area contributed by atoms with Crippen LogP contribution in [-0.4, -0.2) is 37.6 Å². The maximum absolute atomic E-state index is 12.8. The van der Waals surface area contributed by atoms with Crippen molar-refractivity contribution in [3.8, 4) is 5.75 Å². The average molecular weight is 330 g/mol. The number of non-ortho nitro benzene ring substituents is 1. The number of likely N-dealkylation sites (tertiary alicyclic amines) is 1. The normalized spacial score (nSPS) is 17.2. The number of aryl methyl sites for hydroxylation is 2. The molecule has 0 unspecified atom stereocenters. The Hall–Kier alpha value is -2.90. The summed E-state index contributed by atoms with van der Waals surface area (Å²) in [6.45, 7) is 4.38. The summed E-state index contributed by atoms with van der Waals surface area (Å²) >= 11 is 0. The fourth-order valence-electron chi connectivity index (χ4n) is 3.33. The van der Waals surface area contributed by atoms with Crippen molar-refractivity contribution in [1.82, 2.24) is 15.1 Å². The Morgan fingerprint density at radius 3 is 2.79 bits per heavy atom. The summed E-state index contributed by atoms with van der Waals surface area (Å²) in [6.07, 6.45) is 1.68. The lowest BCUT2D eigenvalue weighted by molar-refractivity contribution is -0.384. The Morgan fingerprint density at radius 2 is 2.21 bits per heavy atom. The fraction of sp³-hybridized carbons (Fsp3) is 0.375. The molecule has 1 amide bonds. The zero-order valence-electron chi connectivity index (χ0n) is 13.4. The number of amides is 1. The minimum atomic E-state index is -0.606. The van der Waals surface area contributed by atoms with Gasteiger partial charge in [-0.15, -0.1) is 0 Å². The van der Waals surface area contributed by atoms with Crippen molar-refractivity contribution in [1.29, 1.82) is 0 Å². The summed E-state index contributed by atoms with van der Waals surface area (Å²) in [6, 6.07) is 3.44. The van der Waals surface area contributed by atoms with Gasteiger partial charge < -0.3 is 10.0 Å². The van der Waals surface area contributed by atoms with Crippen LogP contribution in [0.15, 0.2) is 18.2 Å². The van der Waals surface area contributed by atoms with Gasteiger partial charge in [0.25, 0.3) is 11.6 Å². The Balaban J connectivity index is 1.93. The van der Waals surface area contributed by atoms with E-state index in [-0.39, 0.29) is 28.9 Å². The molecule has 1 aromatic carbocycles. The van der Waals surface area contributed by atoms with E-state index in [9.17, 15) is 20.0 Å². The maximum atomic E-state index is 12.8. The second-order valence-corrected chi connectivity index (χ2v) is 5.96. The smallest absolute Gasteiger partial charge is 0.273 e. The number of nitrogens with one attached hydrogen (secondary N) is 1. The number of nitro groups is 1. The SMILES string of the molecule is Cc1n[nH]c(C)c1[C@H]1CCCN1C(=O)c1ccc([N+](=O)[O-])cc1O. The van der Waals surface area contributed by atoms with Gasteiger partial charge in [0.05, 0.1) is 28.3 Å². The minimum Gasteiger partial charge on any atom is -0.507 e. The second kappa shape index (κ2) is 5.95. The molecule has 1 aliphatic rings. The van der Waals surface area contributed by atoms with E-state index < -0.39 is 4.92 Å². The van der Waals surface area contributed by atoms with E-state index in [0.29, 0.717) is 6.54 Å². The van der Waals surface area contributed by atoms with Crippen LogP contribution in [-0.2, 0) is 0 Å². The number of aromatic hydroxyl groups is 1. The highest BCUT2D eigenvalue weighted by molar-refractivity contribution is 5.97. The molecule has 0 saturated carbocycles. The van der Waals surface area contributed by atoms with Crippen molar-refractivity contribution in [2.75, 3.05) is 6.54 Å². The summed E-state index contributed by atoms with van der Waals surface area (Å²) in [5, 5.41) is 27.9. The number of aromatic nitrogens is 2. The zero-order valence-corrected chi connectivity index (χ0v) is 13.4. The highest BCUT2D eigenvalue weighted by Gasteiger charge is 2.34. The molecule has 1 fully saturated rings. The molecule has 8 nitrogen and oxygen atoms in total. The minimum absolute atomic E-state index is 0.0753. The van der Waals surface area contributed by atoms with Gasteiger partial charge >= 0.3 is 0 Å². The van der Waals surface area contributed by atoms with Crippen LogP contribution in [0, 0.1) is 24.0 Å². The molecule has 1 aromatic heterocycles. The first kappa shape index (κ1) is 16.0. The van der Waals surface area contributed by atoms with Gasteiger partial charge in [-0.3, -0.25) is 20.0 Å². The second-order valence-electron chi connectivity index (χ2n) is 5.96. The summed E-state index contributed by atoms with van der Waals surface area (Å²) in [4.78, 5) is 24.7. The number of benzene rings is 1. The third-order valence-corrected chi connectivity index (χ3v) is 4.45. The first-order chi connectivity index (χ1) is 11.4. The lowest BCUT2D eigenvalue weighted by Crippen LogP contribution is -2.31. The van der Waals surface area contributed by atoms with Crippen LogP contribution in [0.2, 0.25) is 0 Å². The van der Waals surface area contributed by atoms with E-state index in [1.807, 2.05) is 13.8 Å². The number of aromatic amines is 1. The van der Waals surface area contributed by atoms with Gasteiger partial charge in [-0.2, -0.15) is 5.10 Å². The molecule has 0 radical (unpaired) electrons. The van der Waals surface area contributed by atoms with Gasteiger partial charge in [-0.05, 0) is 32.8 Å². The topological polar surface area (TPSA) is 112 Å². The molecule has 24 heavy (non-hydrogen) atoms. The average Bonchev–Trinajstić information content (AvgIpc) is 3.13. The van der Waals surface area contributed by atoms with Crippen LogP contribution in [0.4, 0.5) is 5.69 Å². The molecule has 0 bridgehead atoms. The number of H-pyrrole nitrogens is 1. The molecule has 0 aliphatic carbocycles. The van der Waals surface area contributed by atoms with Gasteiger partial charge in [0.1, 0.15) is 5.75 Å². The molecule has 2 aromatic rings. The van der Waals surface area contributed by atoms with Crippen molar-refractivity contribution in [2.24, 2.45) is 0 Å². The van der Waals surface area contributed by atoms with Crippen LogP contribution >= 0.6 is 0 Å². The molecule has 1 atom stereocenters. The molecular formula is C16H18N4O4. The van der Waals surface area contributed by atoms with E-state index in [4.69, 9.17) is 0 Å². The predicted molar refractivity (Wildman–Crippen MR) is 85.8 cm³/mol. The largest absolute Gasteiger partial charge is 0.507 e. The van der Waals surface area contributed by atoms with Crippen molar-refractivity contribution in [3.05, 3.63) is 50.8 Å². The molecule has 0 spiro atoms. The van der Waals surface area contributed by atoms with Gasteiger partial charge in [0.15, 0.2) is 0 Å². The van der Waals surface area contributed by atoms with E-state index in [0.717, 1.165) is 35.9 Å². The number of carbonyl (C=O) groups is 1. The Kier molecular flexibility index (Phi) is 3.96. The van der Waals surface area contributed by atoms with Gasteiger partial charge in [-0.1, -0.05) is 0 Å². The molecule has 2 N–H and O–H groups in total. The van der Waals surface area contributed by atoms with Crippen LogP contribution in [0.5, 0.6) is 5.75 Å².